The number of aliphatic carboxylic acids is 1. The first-order valence-corrected chi connectivity index (χ1v) is 3.05. The predicted octanol–water partition coefficient (Wildman–Crippen LogP) is 0.873. The molecule has 3 nitrogen and oxygen atoms in total. The lowest BCUT2D eigenvalue weighted by atomic mass is 10.2. The minimum atomic E-state index is -0.800. The molecule has 3 heteroatoms. The van der Waals surface area contributed by atoms with Crippen LogP contribution in [0, 0.1) is 11.8 Å². The van der Waals surface area contributed by atoms with E-state index in [1.807, 2.05) is 0 Å². The molecular weight excluding hydrogens is 144 g/mol. The molecule has 0 spiro atoms. The molecule has 0 aliphatic rings. The smallest absolute Gasteiger partial charge is 0.303 e. The molecule has 0 saturated carbocycles. The predicted molar refractivity (Wildman–Crippen MR) is 43.1 cm³/mol. The number of carboxylic acids is 1. The Morgan fingerprint density at radius 2 is 2.00 bits per heavy atom. The third kappa shape index (κ3) is 12.2. The Bertz CT molecular complexity index is 152. The van der Waals surface area contributed by atoms with Gasteiger partial charge in [0.2, 0.25) is 0 Å². The van der Waals surface area contributed by atoms with Crippen molar-refractivity contribution in [3.05, 3.63) is 0 Å². The van der Waals surface area contributed by atoms with Gasteiger partial charge in [-0.2, -0.15) is 0 Å². The van der Waals surface area contributed by atoms with Gasteiger partial charge in [-0.1, -0.05) is 13.3 Å². The summed E-state index contributed by atoms with van der Waals surface area (Å²) in [4.78, 5) is 9.93. The van der Waals surface area contributed by atoms with Crippen molar-refractivity contribution >= 4 is 5.97 Å². The third-order valence-corrected chi connectivity index (χ3v) is 0.896. The van der Waals surface area contributed by atoms with Crippen LogP contribution in [0.4, 0.5) is 0 Å². The van der Waals surface area contributed by atoms with E-state index in [1.54, 1.807) is 0 Å². The first kappa shape index (κ1) is 12.6. The van der Waals surface area contributed by atoms with Gasteiger partial charge in [0.25, 0.3) is 0 Å². The summed E-state index contributed by atoms with van der Waals surface area (Å²) in [5.74, 6) is 4.26. The number of unbranched alkanes of at least 4 members (excludes halogenated alkanes) is 1. The summed E-state index contributed by atoms with van der Waals surface area (Å²) in [5, 5.41) is 16.4. The molecular formula is C8H14O3. The molecule has 0 saturated heterocycles. The Hall–Kier alpha value is -1.01. The van der Waals surface area contributed by atoms with Gasteiger partial charge >= 0.3 is 5.97 Å². The maximum Gasteiger partial charge on any atom is 0.303 e. The molecule has 2 N–H and O–H groups in total. The number of aliphatic hydroxyl groups excluding tert-OH is 1. The lowest BCUT2D eigenvalue weighted by molar-refractivity contribution is -0.137. The lowest BCUT2D eigenvalue weighted by Gasteiger charge is -1.86. The molecule has 0 atom stereocenters. The zero-order valence-corrected chi connectivity index (χ0v) is 5.63. The Morgan fingerprint density at radius 3 is 2.45 bits per heavy atom. The van der Waals surface area contributed by atoms with Crippen molar-refractivity contribution in [3.63, 3.8) is 0 Å². The number of rotatable bonds is 3. The number of carbonyl (C=O) groups is 1. The van der Waals surface area contributed by atoms with E-state index in [4.69, 9.17) is 10.2 Å². The number of hydrogen-bond donors (Lipinski definition) is 2. The van der Waals surface area contributed by atoms with E-state index in [1.165, 1.54) is 0 Å². The van der Waals surface area contributed by atoms with E-state index in [2.05, 4.69) is 11.8 Å². The SMILES string of the molecule is C.O=C(O)CCCC#CCO. The van der Waals surface area contributed by atoms with Gasteiger partial charge in [-0.15, -0.1) is 5.92 Å². The van der Waals surface area contributed by atoms with Gasteiger partial charge in [0.05, 0.1) is 0 Å². The summed E-state index contributed by atoms with van der Waals surface area (Å²) >= 11 is 0. The molecule has 0 heterocycles. The summed E-state index contributed by atoms with van der Waals surface area (Å²) in [5.41, 5.74) is 0. The summed E-state index contributed by atoms with van der Waals surface area (Å²) in [6.07, 6.45) is 1.26. The second-order valence-corrected chi connectivity index (χ2v) is 1.76. The fourth-order valence-corrected chi connectivity index (χ4v) is 0.472. The van der Waals surface area contributed by atoms with Crippen molar-refractivity contribution in [2.45, 2.75) is 26.7 Å². The Morgan fingerprint density at radius 1 is 1.36 bits per heavy atom. The average Bonchev–Trinajstić information content (AvgIpc) is 1.87. The van der Waals surface area contributed by atoms with E-state index in [0.29, 0.717) is 12.8 Å². The first-order chi connectivity index (χ1) is 4.77. The summed E-state index contributed by atoms with van der Waals surface area (Å²) < 4.78 is 0. The molecule has 0 aromatic heterocycles. The topological polar surface area (TPSA) is 57.5 Å². The molecule has 0 bridgehead atoms. The molecule has 0 aromatic carbocycles. The van der Waals surface area contributed by atoms with E-state index < -0.39 is 5.97 Å². The third-order valence-electron chi connectivity index (χ3n) is 0.896. The maximum atomic E-state index is 9.93. The minimum absolute atomic E-state index is 0. The molecule has 0 unspecified atom stereocenters. The van der Waals surface area contributed by atoms with Crippen LogP contribution in [0.2, 0.25) is 0 Å². The van der Waals surface area contributed by atoms with Gasteiger partial charge < -0.3 is 10.2 Å². The number of carboxylic acid groups (broad SMARTS) is 1. The highest BCUT2D eigenvalue weighted by atomic mass is 16.4. The van der Waals surface area contributed by atoms with E-state index in [-0.39, 0.29) is 20.5 Å². The van der Waals surface area contributed by atoms with Crippen molar-refractivity contribution < 1.29 is 15.0 Å². The molecule has 0 amide bonds. The van der Waals surface area contributed by atoms with Gasteiger partial charge in [-0.25, -0.2) is 0 Å². The second kappa shape index (κ2) is 8.99. The molecule has 0 aromatic rings. The van der Waals surface area contributed by atoms with Gasteiger partial charge in [0.1, 0.15) is 6.61 Å². The first-order valence-electron chi connectivity index (χ1n) is 3.05. The van der Waals surface area contributed by atoms with Crippen molar-refractivity contribution in [2.75, 3.05) is 6.61 Å². The van der Waals surface area contributed by atoms with Gasteiger partial charge in [-0.05, 0) is 6.42 Å². The molecule has 11 heavy (non-hydrogen) atoms. The normalized spacial score (nSPS) is 7.36. The van der Waals surface area contributed by atoms with E-state index in [0.717, 1.165) is 0 Å². The number of aliphatic hydroxyl groups is 1. The zero-order valence-electron chi connectivity index (χ0n) is 5.63. The average molecular weight is 158 g/mol. The summed E-state index contributed by atoms with van der Waals surface area (Å²) in [6, 6.07) is 0. The molecule has 0 radical (unpaired) electrons. The van der Waals surface area contributed by atoms with Crippen LogP contribution in [-0.4, -0.2) is 22.8 Å². The van der Waals surface area contributed by atoms with Crippen LogP contribution >= 0.6 is 0 Å². The second-order valence-electron chi connectivity index (χ2n) is 1.76. The van der Waals surface area contributed by atoms with Crippen LogP contribution in [-0.2, 0) is 4.79 Å². The Kier molecular flexibility index (Phi) is 10.3. The Labute approximate surface area is 67.0 Å². The highest BCUT2D eigenvalue weighted by molar-refractivity contribution is 5.66. The lowest BCUT2D eigenvalue weighted by Crippen LogP contribution is -1.92. The molecule has 64 valence electrons. The number of hydrogen-bond acceptors (Lipinski definition) is 2. The van der Waals surface area contributed by atoms with Crippen molar-refractivity contribution in [1.82, 2.24) is 0 Å². The molecule has 0 fully saturated rings. The Balaban J connectivity index is 0. The largest absolute Gasteiger partial charge is 0.481 e. The van der Waals surface area contributed by atoms with Crippen LogP contribution in [0.3, 0.4) is 0 Å². The van der Waals surface area contributed by atoms with Gasteiger partial charge in [0, 0.05) is 12.8 Å². The standard InChI is InChI=1S/C7H10O3.CH4/c8-6-4-2-1-3-5-7(9)10;/h8H,1,3,5-6H2,(H,9,10);1H4. The molecule has 0 rings (SSSR count). The zero-order chi connectivity index (χ0) is 7.82. The fraction of sp³-hybridized carbons (Fsp3) is 0.625. The highest BCUT2D eigenvalue weighted by Crippen LogP contribution is 1.92. The van der Waals surface area contributed by atoms with Crippen LogP contribution in [0.5, 0.6) is 0 Å². The quantitative estimate of drug-likeness (QED) is 0.473. The minimum Gasteiger partial charge on any atom is -0.481 e. The van der Waals surface area contributed by atoms with Gasteiger partial charge in [0.15, 0.2) is 0 Å². The summed E-state index contributed by atoms with van der Waals surface area (Å²) in [7, 11) is 0. The van der Waals surface area contributed by atoms with E-state index in [9.17, 15) is 4.79 Å². The van der Waals surface area contributed by atoms with E-state index >= 15 is 0 Å². The fourth-order valence-electron chi connectivity index (χ4n) is 0.472. The monoisotopic (exact) mass is 158 g/mol. The van der Waals surface area contributed by atoms with Gasteiger partial charge in [-0.3, -0.25) is 4.79 Å². The van der Waals surface area contributed by atoms with Crippen LogP contribution in [0.1, 0.15) is 26.7 Å². The molecule has 0 aliphatic carbocycles. The van der Waals surface area contributed by atoms with Crippen LogP contribution in [0.25, 0.3) is 0 Å². The van der Waals surface area contributed by atoms with Crippen LogP contribution < -0.4 is 0 Å². The maximum absolute atomic E-state index is 9.93. The van der Waals surface area contributed by atoms with Crippen molar-refractivity contribution in [3.8, 4) is 11.8 Å². The van der Waals surface area contributed by atoms with Crippen molar-refractivity contribution in [2.24, 2.45) is 0 Å². The van der Waals surface area contributed by atoms with Crippen LogP contribution in [0.15, 0.2) is 0 Å². The van der Waals surface area contributed by atoms with Crippen molar-refractivity contribution in [1.29, 1.82) is 0 Å². The summed E-state index contributed by atoms with van der Waals surface area (Å²) in [6.45, 7) is -0.146. The molecule has 0 aliphatic heterocycles. The highest BCUT2D eigenvalue weighted by Gasteiger charge is 1.92.